The summed E-state index contributed by atoms with van der Waals surface area (Å²) in [4.78, 5) is 9.23. The maximum Gasteiger partial charge on any atom is 0.233 e. The topological polar surface area (TPSA) is 54.0 Å². The predicted octanol–water partition coefficient (Wildman–Crippen LogP) is 5.20. The van der Waals surface area contributed by atoms with Gasteiger partial charge in [0.15, 0.2) is 0 Å². The SMILES string of the molecule is N#Cc1ccccc1-c1cccc(-c2cn3ccnc3nc2C2CCC2)c1. The molecule has 0 radical (unpaired) electrons. The van der Waals surface area contributed by atoms with Crippen molar-refractivity contribution in [2.24, 2.45) is 0 Å². The molecule has 4 heteroatoms. The Kier molecular flexibility index (Phi) is 3.72. The van der Waals surface area contributed by atoms with Crippen molar-refractivity contribution >= 4 is 5.78 Å². The number of aromatic nitrogens is 3. The van der Waals surface area contributed by atoms with Crippen molar-refractivity contribution in [3.8, 4) is 28.3 Å². The smallest absolute Gasteiger partial charge is 0.233 e. The van der Waals surface area contributed by atoms with Gasteiger partial charge < -0.3 is 0 Å². The molecular formula is C23H18N4. The highest BCUT2D eigenvalue weighted by atomic mass is 15.1. The van der Waals surface area contributed by atoms with Crippen LogP contribution in [0.15, 0.2) is 67.1 Å². The van der Waals surface area contributed by atoms with E-state index < -0.39 is 0 Å². The van der Waals surface area contributed by atoms with Gasteiger partial charge in [0.1, 0.15) is 0 Å². The molecule has 0 aliphatic heterocycles. The molecule has 2 aromatic carbocycles. The fourth-order valence-corrected chi connectivity index (χ4v) is 3.77. The molecule has 130 valence electrons. The molecule has 1 aliphatic rings. The van der Waals surface area contributed by atoms with Crippen molar-refractivity contribution in [3.05, 3.63) is 78.4 Å². The van der Waals surface area contributed by atoms with Crippen LogP contribution in [-0.2, 0) is 0 Å². The minimum absolute atomic E-state index is 0.511. The van der Waals surface area contributed by atoms with Gasteiger partial charge in [-0.1, -0.05) is 42.8 Å². The second-order valence-electron chi connectivity index (χ2n) is 7.04. The Morgan fingerprint density at radius 2 is 1.81 bits per heavy atom. The van der Waals surface area contributed by atoms with Crippen LogP contribution in [0.2, 0.25) is 0 Å². The minimum atomic E-state index is 0.511. The van der Waals surface area contributed by atoms with Gasteiger partial charge in [-0.05, 0) is 41.7 Å². The molecule has 0 unspecified atom stereocenters. The molecule has 0 saturated heterocycles. The molecular weight excluding hydrogens is 332 g/mol. The average molecular weight is 350 g/mol. The van der Waals surface area contributed by atoms with Crippen LogP contribution in [0.5, 0.6) is 0 Å². The zero-order valence-electron chi connectivity index (χ0n) is 14.8. The average Bonchev–Trinajstić information content (AvgIpc) is 3.13. The number of imidazole rings is 1. The lowest BCUT2D eigenvalue weighted by Gasteiger charge is -2.27. The molecule has 2 heterocycles. The Labute approximate surface area is 157 Å². The van der Waals surface area contributed by atoms with Crippen molar-refractivity contribution in [1.29, 1.82) is 5.26 Å². The lowest BCUT2D eigenvalue weighted by molar-refractivity contribution is 0.412. The molecule has 27 heavy (non-hydrogen) atoms. The Morgan fingerprint density at radius 1 is 1.00 bits per heavy atom. The summed E-state index contributed by atoms with van der Waals surface area (Å²) in [6.07, 6.45) is 9.50. The van der Waals surface area contributed by atoms with Crippen LogP contribution in [0.3, 0.4) is 0 Å². The first kappa shape index (κ1) is 15.8. The van der Waals surface area contributed by atoms with Gasteiger partial charge in [0.05, 0.1) is 17.3 Å². The lowest BCUT2D eigenvalue weighted by Crippen LogP contribution is -2.13. The highest BCUT2D eigenvalue weighted by Crippen LogP contribution is 2.40. The Balaban J connectivity index is 1.68. The summed E-state index contributed by atoms with van der Waals surface area (Å²) in [6, 6.07) is 18.4. The Hall–Kier alpha value is -3.45. The maximum atomic E-state index is 9.45. The molecule has 0 bridgehead atoms. The molecule has 1 saturated carbocycles. The van der Waals surface area contributed by atoms with E-state index >= 15 is 0 Å². The van der Waals surface area contributed by atoms with Crippen LogP contribution in [0, 0.1) is 11.3 Å². The van der Waals surface area contributed by atoms with Crippen LogP contribution in [0.4, 0.5) is 0 Å². The normalized spacial score (nSPS) is 14.0. The fourth-order valence-electron chi connectivity index (χ4n) is 3.77. The quantitative estimate of drug-likeness (QED) is 0.510. The van der Waals surface area contributed by atoms with Gasteiger partial charge in [-0.2, -0.15) is 5.26 Å². The van der Waals surface area contributed by atoms with Gasteiger partial charge in [0.25, 0.3) is 0 Å². The van der Waals surface area contributed by atoms with Crippen LogP contribution in [-0.4, -0.2) is 14.4 Å². The largest absolute Gasteiger partial charge is 0.291 e. The van der Waals surface area contributed by atoms with Crippen molar-refractivity contribution in [1.82, 2.24) is 14.4 Å². The number of benzene rings is 2. The first-order valence-electron chi connectivity index (χ1n) is 9.27. The van der Waals surface area contributed by atoms with Gasteiger partial charge >= 0.3 is 0 Å². The van der Waals surface area contributed by atoms with Gasteiger partial charge in [-0.15, -0.1) is 0 Å². The van der Waals surface area contributed by atoms with E-state index in [1.807, 2.05) is 34.9 Å². The van der Waals surface area contributed by atoms with E-state index in [4.69, 9.17) is 4.98 Å². The monoisotopic (exact) mass is 350 g/mol. The highest BCUT2D eigenvalue weighted by Gasteiger charge is 2.25. The fraction of sp³-hybridized carbons (Fsp3) is 0.174. The molecule has 0 amide bonds. The van der Waals surface area contributed by atoms with Crippen LogP contribution in [0.25, 0.3) is 28.0 Å². The Morgan fingerprint density at radius 3 is 2.59 bits per heavy atom. The first-order chi connectivity index (χ1) is 13.3. The second kappa shape index (κ2) is 6.37. The molecule has 5 rings (SSSR count). The molecule has 2 aromatic heterocycles. The zero-order valence-corrected chi connectivity index (χ0v) is 14.8. The third kappa shape index (κ3) is 2.69. The second-order valence-corrected chi connectivity index (χ2v) is 7.04. The number of fused-ring (bicyclic) bond motifs is 1. The van der Waals surface area contributed by atoms with Gasteiger partial charge in [-0.3, -0.25) is 4.40 Å². The molecule has 0 spiro atoms. The van der Waals surface area contributed by atoms with Crippen molar-refractivity contribution in [3.63, 3.8) is 0 Å². The number of nitrogens with zero attached hydrogens (tertiary/aromatic N) is 4. The number of rotatable bonds is 3. The van der Waals surface area contributed by atoms with Crippen molar-refractivity contribution < 1.29 is 0 Å². The molecule has 1 aliphatic carbocycles. The minimum Gasteiger partial charge on any atom is -0.291 e. The summed E-state index contributed by atoms with van der Waals surface area (Å²) >= 11 is 0. The number of nitriles is 1. The van der Waals surface area contributed by atoms with E-state index in [2.05, 4.69) is 41.5 Å². The standard InChI is InChI=1S/C23H18N4/c24-14-19-5-1-2-10-20(19)17-8-4-9-18(13-17)21-15-27-12-11-25-23(27)26-22(21)16-6-3-7-16/h1-2,4-5,8-13,15-16H,3,6-7H2. The van der Waals surface area contributed by atoms with E-state index in [1.54, 1.807) is 6.20 Å². The van der Waals surface area contributed by atoms with Gasteiger partial charge in [0, 0.05) is 30.1 Å². The number of hydrogen-bond acceptors (Lipinski definition) is 3. The molecule has 0 N–H and O–H groups in total. The van der Waals surface area contributed by atoms with Crippen molar-refractivity contribution in [2.45, 2.75) is 25.2 Å². The van der Waals surface area contributed by atoms with E-state index in [0.29, 0.717) is 11.5 Å². The third-order valence-electron chi connectivity index (χ3n) is 5.44. The maximum absolute atomic E-state index is 9.45. The van der Waals surface area contributed by atoms with E-state index in [0.717, 1.165) is 33.7 Å². The van der Waals surface area contributed by atoms with Crippen LogP contribution >= 0.6 is 0 Å². The zero-order chi connectivity index (χ0) is 18.2. The molecule has 4 nitrogen and oxygen atoms in total. The van der Waals surface area contributed by atoms with Gasteiger partial charge in [0.2, 0.25) is 5.78 Å². The van der Waals surface area contributed by atoms with Gasteiger partial charge in [-0.25, -0.2) is 9.97 Å². The lowest BCUT2D eigenvalue weighted by atomic mass is 9.80. The highest BCUT2D eigenvalue weighted by molar-refractivity contribution is 5.77. The first-order valence-corrected chi connectivity index (χ1v) is 9.27. The Bertz CT molecular complexity index is 1180. The molecule has 1 fully saturated rings. The third-order valence-corrected chi connectivity index (χ3v) is 5.44. The van der Waals surface area contributed by atoms with Crippen LogP contribution in [0.1, 0.15) is 36.4 Å². The summed E-state index contributed by atoms with van der Waals surface area (Å²) in [5, 5.41) is 9.45. The summed E-state index contributed by atoms with van der Waals surface area (Å²) in [6.45, 7) is 0. The van der Waals surface area contributed by atoms with Crippen LogP contribution < -0.4 is 0 Å². The van der Waals surface area contributed by atoms with Crippen molar-refractivity contribution in [2.75, 3.05) is 0 Å². The molecule has 0 atom stereocenters. The summed E-state index contributed by atoms with van der Waals surface area (Å²) in [7, 11) is 0. The predicted molar refractivity (Wildman–Crippen MR) is 105 cm³/mol. The number of hydrogen-bond donors (Lipinski definition) is 0. The van der Waals surface area contributed by atoms with E-state index in [-0.39, 0.29) is 0 Å². The summed E-state index contributed by atoms with van der Waals surface area (Å²) < 4.78 is 1.98. The summed E-state index contributed by atoms with van der Waals surface area (Å²) in [5.41, 5.74) is 6.13. The summed E-state index contributed by atoms with van der Waals surface area (Å²) in [5.74, 6) is 1.27. The molecule has 4 aromatic rings. The van der Waals surface area contributed by atoms with E-state index in [9.17, 15) is 5.26 Å². The van der Waals surface area contributed by atoms with E-state index in [1.165, 1.54) is 19.3 Å².